The molecule has 0 radical (unpaired) electrons. The number of benzene rings is 1. The molecular formula is C13H14ClFN2. The normalized spacial score (nSPS) is 12.1. The molecule has 0 aliphatic carbocycles. The molecule has 0 aliphatic heterocycles. The third-order valence-corrected chi connectivity index (χ3v) is 2.94. The summed E-state index contributed by atoms with van der Waals surface area (Å²) in [6.07, 6.45) is 0. The highest BCUT2D eigenvalue weighted by atomic mass is 35.5. The minimum absolute atomic E-state index is 0.0644. The number of halogens is 2. The Morgan fingerprint density at radius 3 is 2.47 bits per heavy atom. The fourth-order valence-electron chi connectivity index (χ4n) is 1.63. The first kappa shape index (κ1) is 12.1. The van der Waals surface area contributed by atoms with Crippen molar-refractivity contribution in [2.24, 2.45) is 0 Å². The van der Waals surface area contributed by atoms with Crippen LogP contribution in [0.4, 0.5) is 10.1 Å². The molecule has 1 aromatic carbocycles. The maximum Gasteiger partial charge on any atom is 0.143 e. The number of pyridine rings is 1. The van der Waals surface area contributed by atoms with E-state index in [1.807, 2.05) is 26.8 Å². The van der Waals surface area contributed by atoms with Crippen LogP contribution in [0.5, 0.6) is 0 Å². The molecular weight excluding hydrogens is 239 g/mol. The Bertz CT molecular complexity index is 588. The van der Waals surface area contributed by atoms with Crippen LogP contribution in [-0.4, -0.2) is 4.98 Å². The molecule has 4 heteroatoms. The van der Waals surface area contributed by atoms with Crippen LogP contribution in [0.15, 0.2) is 18.2 Å². The lowest BCUT2D eigenvalue weighted by molar-refractivity contribution is 0.571. The highest BCUT2D eigenvalue weighted by Crippen LogP contribution is 2.30. The van der Waals surface area contributed by atoms with Gasteiger partial charge in [0.2, 0.25) is 0 Å². The van der Waals surface area contributed by atoms with Gasteiger partial charge in [-0.1, -0.05) is 32.4 Å². The largest absolute Gasteiger partial charge is 0.398 e. The van der Waals surface area contributed by atoms with E-state index >= 15 is 0 Å². The third-order valence-electron chi connectivity index (χ3n) is 2.65. The fraction of sp³-hybridized carbons (Fsp3) is 0.308. The van der Waals surface area contributed by atoms with Crippen molar-refractivity contribution < 1.29 is 4.39 Å². The summed E-state index contributed by atoms with van der Waals surface area (Å²) in [5.41, 5.74) is 7.77. The van der Waals surface area contributed by atoms with Crippen LogP contribution in [0.3, 0.4) is 0 Å². The van der Waals surface area contributed by atoms with Crippen molar-refractivity contribution in [3.63, 3.8) is 0 Å². The first-order valence-corrected chi connectivity index (χ1v) is 5.72. The van der Waals surface area contributed by atoms with Crippen LogP contribution in [0, 0.1) is 5.82 Å². The molecule has 1 aromatic heterocycles. The molecule has 0 fully saturated rings. The van der Waals surface area contributed by atoms with E-state index in [0.29, 0.717) is 16.6 Å². The van der Waals surface area contributed by atoms with Crippen LogP contribution in [-0.2, 0) is 5.41 Å². The van der Waals surface area contributed by atoms with Gasteiger partial charge in [0.1, 0.15) is 5.82 Å². The van der Waals surface area contributed by atoms with Crippen molar-refractivity contribution in [1.82, 2.24) is 4.98 Å². The summed E-state index contributed by atoms with van der Waals surface area (Å²) in [7, 11) is 0. The maximum atomic E-state index is 13.4. The van der Waals surface area contributed by atoms with Crippen molar-refractivity contribution in [3.8, 4) is 0 Å². The molecule has 0 bridgehead atoms. The van der Waals surface area contributed by atoms with Gasteiger partial charge in [0, 0.05) is 28.2 Å². The number of nitrogen functional groups attached to an aromatic ring is 1. The highest BCUT2D eigenvalue weighted by Gasteiger charge is 2.17. The van der Waals surface area contributed by atoms with Gasteiger partial charge < -0.3 is 5.73 Å². The highest BCUT2D eigenvalue weighted by molar-refractivity contribution is 6.31. The Kier molecular flexibility index (Phi) is 2.74. The molecule has 2 rings (SSSR count). The van der Waals surface area contributed by atoms with Gasteiger partial charge in [0.05, 0.1) is 10.5 Å². The summed E-state index contributed by atoms with van der Waals surface area (Å²) in [4.78, 5) is 4.43. The van der Waals surface area contributed by atoms with Crippen LogP contribution < -0.4 is 5.73 Å². The molecule has 0 spiro atoms. The number of anilines is 1. The van der Waals surface area contributed by atoms with E-state index in [0.717, 1.165) is 5.69 Å². The molecule has 90 valence electrons. The summed E-state index contributed by atoms with van der Waals surface area (Å²) < 4.78 is 13.4. The van der Waals surface area contributed by atoms with Crippen molar-refractivity contribution in [1.29, 1.82) is 0 Å². The van der Waals surface area contributed by atoms with Crippen molar-refractivity contribution >= 4 is 28.2 Å². The fourth-order valence-corrected chi connectivity index (χ4v) is 1.80. The van der Waals surface area contributed by atoms with Crippen LogP contribution >= 0.6 is 11.6 Å². The second-order valence-electron chi connectivity index (χ2n) is 5.13. The average molecular weight is 253 g/mol. The Morgan fingerprint density at radius 2 is 1.88 bits per heavy atom. The summed E-state index contributed by atoms with van der Waals surface area (Å²) in [5, 5.41) is 0.749. The monoisotopic (exact) mass is 252 g/mol. The molecule has 0 amide bonds. The lowest BCUT2D eigenvalue weighted by Gasteiger charge is -2.19. The third kappa shape index (κ3) is 2.20. The Labute approximate surface area is 105 Å². The maximum absolute atomic E-state index is 13.4. The van der Waals surface area contributed by atoms with Crippen molar-refractivity contribution in [3.05, 3.63) is 34.7 Å². The number of rotatable bonds is 0. The first-order chi connectivity index (χ1) is 7.79. The summed E-state index contributed by atoms with van der Waals surface area (Å²) in [5.74, 6) is -0.475. The zero-order chi connectivity index (χ0) is 12.8. The molecule has 0 atom stereocenters. The second kappa shape index (κ2) is 3.84. The van der Waals surface area contributed by atoms with E-state index in [4.69, 9.17) is 17.3 Å². The Morgan fingerprint density at radius 1 is 1.24 bits per heavy atom. The van der Waals surface area contributed by atoms with Crippen LogP contribution in [0.2, 0.25) is 5.02 Å². The van der Waals surface area contributed by atoms with E-state index in [-0.39, 0.29) is 10.4 Å². The summed E-state index contributed by atoms with van der Waals surface area (Å²) >= 11 is 5.73. The number of hydrogen-bond acceptors (Lipinski definition) is 2. The number of aromatic nitrogens is 1. The van der Waals surface area contributed by atoms with Crippen molar-refractivity contribution in [2.45, 2.75) is 26.2 Å². The van der Waals surface area contributed by atoms with Gasteiger partial charge in [-0.15, -0.1) is 0 Å². The molecule has 0 aliphatic rings. The topological polar surface area (TPSA) is 38.9 Å². The van der Waals surface area contributed by atoms with Gasteiger partial charge in [-0.05, 0) is 12.1 Å². The number of hydrogen-bond donors (Lipinski definition) is 1. The van der Waals surface area contributed by atoms with Gasteiger partial charge in [-0.3, -0.25) is 4.98 Å². The molecule has 2 aromatic rings. The number of nitrogens with two attached hydrogens (primary N) is 1. The summed E-state index contributed by atoms with van der Waals surface area (Å²) in [6, 6.07) is 4.65. The smallest absolute Gasteiger partial charge is 0.143 e. The van der Waals surface area contributed by atoms with E-state index in [1.165, 1.54) is 12.1 Å². The predicted molar refractivity (Wildman–Crippen MR) is 69.8 cm³/mol. The molecule has 2 nitrogen and oxygen atoms in total. The number of fused-ring (bicyclic) bond motifs is 1. The first-order valence-electron chi connectivity index (χ1n) is 5.35. The number of nitrogens with zero attached hydrogens (tertiary/aromatic N) is 1. The van der Waals surface area contributed by atoms with Crippen molar-refractivity contribution in [2.75, 3.05) is 5.73 Å². The molecule has 17 heavy (non-hydrogen) atoms. The SMILES string of the molecule is CC(C)(C)c1cc(N)c2cc(Cl)c(F)cc2n1. The van der Waals surface area contributed by atoms with E-state index < -0.39 is 5.82 Å². The lowest BCUT2D eigenvalue weighted by atomic mass is 9.91. The Hall–Kier alpha value is -1.35. The lowest BCUT2D eigenvalue weighted by Crippen LogP contribution is -2.14. The van der Waals surface area contributed by atoms with E-state index in [9.17, 15) is 4.39 Å². The van der Waals surface area contributed by atoms with E-state index in [2.05, 4.69) is 4.98 Å². The minimum atomic E-state index is -0.475. The molecule has 0 unspecified atom stereocenters. The molecule has 0 saturated carbocycles. The van der Waals surface area contributed by atoms with Gasteiger partial charge in [-0.25, -0.2) is 4.39 Å². The Balaban J connectivity index is 2.78. The van der Waals surface area contributed by atoms with Gasteiger partial charge in [-0.2, -0.15) is 0 Å². The van der Waals surface area contributed by atoms with E-state index in [1.54, 1.807) is 0 Å². The van der Waals surface area contributed by atoms with Crippen LogP contribution in [0.25, 0.3) is 10.9 Å². The molecule has 0 saturated heterocycles. The average Bonchev–Trinajstić information content (AvgIpc) is 2.19. The second-order valence-corrected chi connectivity index (χ2v) is 5.54. The van der Waals surface area contributed by atoms with Gasteiger partial charge >= 0.3 is 0 Å². The molecule has 2 N–H and O–H groups in total. The predicted octanol–water partition coefficient (Wildman–Crippen LogP) is 3.91. The quantitative estimate of drug-likeness (QED) is 0.772. The van der Waals surface area contributed by atoms with Crippen LogP contribution in [0.1, 0.15) is 26.5 Å². The minimum Gasteiger partial charge on any atom is -0.398 e. The van der Waals surface area contributed by atoms with Gasteiger partial charge in [0.25, 0.3) is 0 Å². The zero-order valence-electron chi connectivity index (χ0n) is 10.0. The molecule has 1 heterocycles. The van der Waals surface area contributed by atoms with Gasteiger partial charge in [0.15, 0.2) is 0 Å². The zero-order valence-corrected chi connectivity index (χ0v) is 10.8. The summed E-state index contributed by atoms with van der Waals surface area (Å²) in [6.45, 7) is 6.10. The standard InChI is InChI=1S/C13H14ClFN2/c1-13(2,3)12-6-10(16)7-4-8(14)9(15)5-11(7)17-12/h4-6H,1-3H3,(H2,16,17).